The summed E-state index contributed by atoms with van der Waals surface area (Å²) in [7, 11) is 0. The molecule has 3 aromatic rings. The van der Waals surface area contributed by atoms with Gasteiger partial charge in [-0.15, -0.1) is 0 Å². The SMILES string of the molecule is Cc1c(Cl)cnc(NC(=O)COC(=O)c2cc(C3CC3)nc3c2cnn3C(C)C)c1Cl. The van der Waals surface area contributed by atoms with E-state index in [2.05, 4.69) is 15.4 Å². The number of carbonyl (C=O) groups excluding carboxylic acids is 2. The predicted octanol–water partition coefficient (Wildman–Crippen LogP) is 4.70. The van der Waals surface area contributed by atoms with Crippen LogP contribution in [0, 0.1) is 6.92 Å². The molecule has 3 heterocycles. The molecule has 0 aromatic carbocycles. The fourth-order valence-corrected chi connectivity index (χ4v) is 3.58. The summed E-state index contributed by atoms with van der Waals surface area (Å²) >= 11 is 12.1. The van der Waals surface area contributed by atoms with Crippen LogP contribution in [-0.2, 0) is 9.53 Å². The van der Waals surface area contributed by atoms with Gasteiger partial charge in [-0.2, -0.15) is 5.10 Å². The van der Waals surface area contributed by atoms with E-state index < -0.39 is 18.5 Å². The van der Waals surface area contributed by atoms with Gasteiger partial charge in [0.1, 0.15) is 0 Å². The molecule has 0 spiro atoms. The lowest BCUT2D eigenvalue weighted by Gasteiger charge is -2.11. The lowest BCUT2D eigenvalue weighted by Crippen LogP contribution is -2.22. The summed E-state index contributed by atoms with van der Waals surface area (Å²) in [5.74, 6) is -0.671. The smallest absolute Gasteiger partial charge is 0.339 e. The van der Waals surface area contributed by atoms with Crippen molar-refractivity contribution in [2.45, 2.75) is 45.6 Å². The summed E-state index contributed by atoms with van der Waals surface area (Å²) in [4.78, 5) is 33.8. The molecule has 3 aromatic heterocycles. The number of amides is 1. The molecular weight excluding hydrogens is 441 g/mol. The number of aromatic nitrogens is 4. The van der Waals surface area contributed by atoms with Crippen molar-refractivity contribution in [1.82, 2.24) is 19.7 Å². The van der Waals surface area contributed by atoms with E-state index in [1.54, 1.807) is 23.9 Å². The number of anilines is 1. The van der Waals surface area contributed by atoms with Crippen molar-refractivity contribution in [3.63, 3.8) is 0 Å². The van der Waals surface area contributed by atoms with E-state index >= 15 is 0 Å². The molecule has 0 atom stereocenters. The first-order valence-electron chi connectivity index (χ1n) is 9.92. The Hall–Kier alpha value is -2.71. The number of nitrogens with zero attached hydrogens (tertiary/aromatic N) is 4. The minimum absolute atomic E-state index is 0.0918. The Labute approximate surface area is 188 Å². The summed E-state index contributed by atoms with van der Waals surface area (Å²) in [5.41, 5.74) is 2.44. The van der Waals surface area contributed by atoms with Crippen molar-refractivity contribution in [1.29, 1.82) is 0 Å². The average Bonchev–Trinajstić information content (AvgIpc) is 3.50. The molecule has 0 bridgehead atoms. The second-order valence-electron chi connectivity index (χ2n) is 7.81. The fraction of sp³-hybridized carbons (Fsp3) is 0.381. The highest BCUT2D eigenvalue weighted by molar-refractivity contribution is 6.37. The van der Waals surface area contributed by atoms with Crippen molar-refractivity contribution in [3.8, 4) is 0 Å². The second-order valence-corrected chi connectivity index (χ2v) is 8.59. The van der Waals surface area contributed by atoms with E-state index in [1.165, 1.54) is 6.20 Å². The molecule has 31 heavy (non-hydrogen) atoms. The molecule has 0 saturated heterocycles. The summed E-state index contributed by atoms with van der Waals surface area (Å²) in [6.45, 7) is 5.22. The molecule has 1 amide bonds. The van der Waals surface area contributed by atoms with Gasteiger partial charge in [-0.1, -0.05) is 23.2 Å². The monoisotopic (exact) mass is 461 g/mol. The Kier molecular flexibility index (Phi) is 5.85. The van der Waals surface area contributed by atoms with Gasteiger partial charge in [0.15, 0.2) is 18.1 Å². The molecule has 162 valence electrons. The van der Waals surface area contributed by atoms with Crippen LogP contribution in [0.1, 0.15) is 60.3 Å². The lowest BCUT2D eigenvalue weighted by molar-refractivity contribution is -0.119. The number of esters is 1. The number of hydrogen-bond donors (Lipinski definition) is 1. The Morgan fingerprint density at radius 2 is 2.03 bits per heavy atom. The number of hydrogen-bond acceptors (Lipinski definition) is 6. The molecule has 4 rings (SSSR count). The number of carbonyl (C=O) groups is 2. The molecule has 8 nitrogen and oxygen atoms in total. The number of halogens is 2. The Balaban J connectivity index is 1.52. The number of rotatable bonds is 6. The van der Waals surface area contributed by atoms with Crippen LogP contribution in [0.15, 0.2) is 18.5 Å². The summed E-state index contributed by atoms with van der Waals surface area (Å²) in [6.07, 6.45) is 5.08. The summed E-state index contributed by atoms with van der Waals surface area (Å²) in [5, 5.41) is 8.13. The van der Waals surface area contributed by atoms with Gasteiger partial charge < -0.3 is 10.1 Å². The molecule has 0 unspecified atom stereocenters. The maximum absolute atomic E-state index is 12.8. The molecule has 1 aliphatic carbocycles. The van der Waals surface area contributed by atoms with Crippen LogP contribution in [0.2, 0.25) is 10.0 Å². The number of fused-ring (bicyclic) bond motifs is 1. The third-order valence-corrected chi connectivity index (χ3v) is 5.93. The summed E-state index contributed by atoms with van der Waals surface area (Å²) < 4.78 is 7.06. The van der Waals surface area contributed by atoms with E-state index in [0.717, 1.165) is 18.5 Å². The average molecular weight is 462 g/mol. The minimum atomic E-state index is -0.612. The van der Waals surface area contributed by atoms with Crippen molar-refractivity contribution in [2.75, 3.05) is 11.9 Å². The van der Waals surface area contributed by atoms with Crippen molar-refractivity contribution in [2.24, 2.45) is 0 Å². The molecule has 1 aliphatic rings. The zero-order valence-corrected chi connectivity index (χ0v) is 18.8. The maximum Gasteiger partial charge on any atom is 0.339 e. The molecule has 0 aliphatic heterocycles. The third kappa shape index (κ3) is 4.36. The second kappa shape index (κ2) is 8.43. The highest BCUT2D eigenvalue weighted by atomic mass is 35.5. The lowest BCUT2D eigenvalue weighted by atomic mass is 10.1. The van der Waals surface area contributed by atoms with Crippen LogP contribution in [0.5, 0.6) is 0 Å². The van der Waals surface area contributed by atoms with E-state index in [1.807, 2.05) is 13.8 Å². The predicted molar refractivity (Wildman–Crippen MR) is 118 cm³/mol. The highest BCUT2D eigenvalue weighted by Gasteiger charge is 2.28. The fourth-order valence-electron chi connectivity index (χ4n) is 3.19. The van der Waals surface area contributed by atoms with E-state index in [4.69, 9.17) is 32.9 Å². The van der Waals surface area contributed by atoms with Crippen LogP contribution in [0.4, 0.5) is 5.82 Å². The molecular formula is C21H21Cl2N5O3. The van der Waals surface area contributed by atoms with Crippen molar-refractivity contribution in [3.05, 3.63) is 45.3 Å². The van der Waals surface area contributed by atoms with E-state index in [0.29, 0.717) is 33.1 Å². The third-order valence-electron chi connectivity index (χ3n) is 5.09. The number of nitrogens with one attached hydrogen (secondary N) is 1. The van der Waals surface area contributed by atoms with Gasteiger partial charge in [-0.05, 0) is 45.2 Å². The van der Waals surface area contributed by atoms with Gasteiger partial charge in [0.05, 0.1) is 27.2 Å². The molecule has 1 fully saturated rings. The Bertz CT molecular complexity index is 1190. The van der Waals surface area contributed by atoms with Gasteiger partial charge in [0, 0.05) is 23.9 Å². The minimum Gasteiger partial charge on any atom is -0.452 e. The van der Waals surface area contributed by atoms with Crippen LogP contribution in [-0.4, -0.2) is 38.2 Å². The number of ether oxygens (including phenoxy) is 1. The van der Waals surface area contributed by atoms with Crippen LogP contribution in [0.3, 0.4) is 0 Å². The summed E-state index contributed by atoms with van der Waals surface area (Å²) in [6, 6.07) is 1.84. The first kappa shape index (κ1) is 21.5. The highest BCUT2D eigenvalue weighted by Crippen LogP contribution is 2.40. The van der Waals surface area contributed by atoms with E-state index in [9.17, 15) is 9.59 Å². The normalized spacial score (nSPS) is 13.6. The zero-order valence-electron chi connectivity index (χ0n) is 17.3. The molecule has 10 heteroatoms. The topological polar surface area (TPSA) is 99.0 Å². The molecule has 1 saturated carbocycles. The van der Waals surface area contributed by atoms with Gasteiger partial charge in [0.25, 0.3) is 5.91 Å². The van der Waals surface area contributed by atoms with Crippen LogP contribution < -0.4 is 5.32 Å². The maximum atomic E-state index is 12.8. The zero-order chi connectivity index (χ0) is 22.3. The number of pyridine rings is 2. The van der Waals surface area contributed by atoms with Gasteiger partial charge in [-0.3, -0.25) is 4.79 Å². The van der Waals surface area contributed by atoms with Gasteiger partial charge in [0.2, 0.25) is 0 Å². The first-order valence-corrected chi connectivity index (χ1v) is 10.7. The Morgan fingerprint density at radius 3 is 2.71 bits per heavy atom. The van der Waals surface area contributed by atoms with E-state index in [-0.39, 0.29) is 16.9 Å². The first-order chi connectivity index (χ1) is 14.8. The van der Waals surface area contributed by atoms with Crippen molar-refractivity contribution < 1.29 is 14.3 Å². The van der Waals surface area contributed by atoms with Crippen LogP contribution >= 0.6 is 23.2 Å². The van der Waals surface area contributed by atoms with Gasteiger partial charge >= 0.3 is 5.97 Å². The quantitative estimate of drug-likeness (QED) is 0.534. The standard InChI is InChI=1S/C21H21Cl2N5O3/c1-10(2)28-20-14(7-25-28)13(6-16(26-20)12-4-5-12)21(30)31-9-17(29)27-19-18(23)11(3)15(22)8-24-19/h6-8,10,12H,4-5,9H2,1-3H3,(H,24,27,29). The largest absolute Gasteiger partial charge is 0.452 e. The van der Waals surface area contributed by atoms with Crippen molar-refractivity contribution >= 4 is 51.9 Å². The molecule has 0 radical (unpaired) electrons. The molecule has 1 N–H and O–H groups in total. The van der Waals surface area contributed by atoms with Crippen LogP contribution in [0.25, 0.3) is 11.0 Å². The Morgan fingerprint density at radius 1 is 1.29 bits per heavy atom. The van der Waals surface area contributed by atoms with Gasteiger partial charge in [-0.25, -0.2) is 19.4 Å².